The van der Waals surface area contributed by atoms with Crippen LogP contribution < -0.4 is 10.6 Å². The van der Waals surface area contributed by atoms with Crippen molar-refractivity contribution < 1.29 is 55.5 Å². The van der Waals surface area contributed by atoms with Crippen LogP contribution in [0.25, 0.3) is 0 Å². The molecular formula is C39H64N4O12S. The quantitative estimate of drug-likeness (QED) is 0.145. The molecule has 0 spiro atoms. The van der Waals surface area contributed by atoms with E-state index in [2.05, 4.69) is 20.9 Å². The molecule has 16 nitrogen and oxygen atoms in total. The van der Waals surface area contributed by atoms with Crippen LogP contribution in [0.2, 0.25) is 0 Å². The fourth-order valence-electron chi connectivity index (χ4n) is 6.39. The number of amides is 4. The van der Waals surface area contributed by atoms with Gasteiger partial charge in [-0.25, -0.2) is 4.79 Å². The van der Waals surface area contributed by atoms with Gasteiger partial charge in [-0.1, -0.05) is 45.0 Å². The summed E-state index contributed by atoms with van der Waals surface area (Å²) in [5.74, 6) is -1.25. The number of fused-ring (bicyclic) bond motifs is 1. The van der Waals surface area contributed by atoms with Crippen LogP contribution in [0.3, 0.4) is 0 Å². The maximum Gasteiger partial charge on any atom is 0.410 e. The first-order chi connectivity index (χ1) is 26.2. The monoisotopic (exact) mass is 812 g/mol. The minimum Gasteiger partial charge on any atom is -0.444 e. The number of carbonyl (C=O) groups excluding carboxylic acids is 4. The van der Waals surface area contributed by atoms with E-state index in [1.165, 1.54) is 22.4 Å². The molecule has 1 aromatic rings. The first-order valence-corrected chi connectivity index (χ1v) is 21.1. The summed E-state index contributed by atoms with van der Waals surface area (Å²) in [5, 5.41) is 6.09. The molecule has 1 unspecified atom stereocenters. The van der Waals surface area contributed by atoms with Crippen molar-refractivity contribution in [1.29, 1.82) is 0 Å². The maximum atomic E-state index is 14.5. The Morgan fingerprint density at radius 3 is 2.09 bits per heavy atom. The number of likely N-dealkylation sites (N-methyl/N-ethyl adjacent to an activating group) is 1. The smallest absolute Gasteiger partial charge is 0.410 e. The second kappa shape index (κ2) is 21.4. The highest BCUT2D eigenvalue weighted by Gasteiger charge is 2.46. The van der Waals surface area contributed by atoms with Gasteiger partial charge in [0.15, 0.2) is 0 Å². The number of nitrogens with one attached hydrogen (secondary N) is 2. The van der Waals surface area contributed by atoms with Crippen molar-refractivity contribution in [3.63, 3.8) is 0 Å². The lowest BCUT2D eigenvalue weighted by atomic mass is 9.85. The molecule has 1 aromatic carbocycles. The highest BCUT2D eigenvalue weighted by Crippen LogP contribution is 2.32. The van der Waals surface area contributed by atoms with E-state index in [0.717, 1.165) is 31.1 Å². The van der Waals surface area contributed by atoms with E-state index in [9.17, 15) is 27.6 Å². The molecular weight excluding hydrogens is 749 g/mol. The number of ether oxygens (including phenoxy) is 5. The fourth-order valence-corrected chi connectivity index (χ4v) is 6.76. The fraction of sp³-hybridized carbons (Fsp3) is 0.744. The average molecular weight is 813 g/mol. The Bertz CT molecular complexity index is 1560. The molecule has 3 rings (SSSR count). The van der Waals surface area contributed by atoms with Gasteiger partial charge in [0.2, 0.25) is 17.7 Å². The standard InChI is InChI=1S/C39H64N4O12S/c1-27(42(8)37(47)55-39(5,6)7)34(44)41-33(38(2,3)4)36(46)43-26-29(53-23-21-51-19-17-50-18-20-52-22-24-54-56(9,48)49)25-32(43)35(45)40-31-16-12-14-28-13-10-11-15-30(28)31/h10-11,13,15,27,29,31-33H,12,14,16-26H2,1-9H3,(H,40,45)(H,41,44)/t27-,29-,31?,32-,33+/m0/s1. The van der Waals surface area contributed by atoms with Gasteiger partial charge in [0.05, 0.1) is 71.3 Å². The zero-order valence-electron chi connectivity index (χ0n) is 34.6. The van der Waals surface area contributed by atoms with Crippen LogP contribution in [0.1, 0.15) is 84.9 Å². The third-order valence-electron chi connectivity index (χ3n) is 9.43. The predicted molar refractivity (Wildman–Crippen MR) is 208 cm³/mol. The van der Waals surface area contributed by atoms with Gasteiger partial charge in [0, 0.05) is 20.0 Å². The van der Waals surface area contributed by atoms with Crippen molar-refractivity contribution in [2.24, 2.45) is 5.41 Å². The second-order valence-electron chi connectivity index (χ2n) is 16.3. The molecule has 4 amide bonds. The number of hydrogen-bond donors (Lipinski definition) is 2. The summed E-state index contributed by atoms with van der Waals surface area (Å²) in [6.07, 6.45) is 2.74. The SMILES string of the molecule is C[C@@H](C(=O)N[C@H](C(=O)N1C[C@@H](OCCOCCOCCOCCOS(C)(=O)=O)C[C@H]1C(=O)NC1CCCc2ccccc21)C(C)(C)C)N(C)C(=O)OC(C)(C)C. The molecule has 1 saturated heterocycles. The Balaban J connectivity index is 1.62. The van der Waals surface area contributed by atoms with Gasteiger partial charge in [-0.15, -0.1) is 0 Å². The summed E-state index contributed by atoms with van der Waals surface area (Å²) in [7, 11) is -2.03. The molecule has 2 N–H and O–H groups in total. The number of hydrogen-bond acceptors (Lipinski definition) is 12. The molecule has 0 radical (unpaired) electrons. The van der Waals surface area contributed by atoms with Crippen LogP contribution >= 0.6 is 0 Å². The Morgan fingerprint density at radius 1 is 0.911 bits per heavy atom. The van der Waals surface area contributed by atoms with E-state index in [-0.39, 0.29) is 57.9 Å². The molecule has 1 heterocycles. The number of likely N-dealkylation sites (tertiary alicyclic amines) is 1. The third kappa shape index (κ3) is 15.5. The minimum absolute atomic E-state index is 0.0580. The summed E-state index contributed by atoms with van der Waals surface area (Å²) < 4.78 is 54.5. The molecule has 1 aliphatic heterocycles. The van der Waals surface area contributed by atoms with Crippen LogP contribution in [0, 0.1) is 5.41 Å². The van der Waals surface area contributed by atoms with Crippen molar-refractivity contribution >= 4 is 33.9 Å². The zero-order valence-corrected chi connectivity index (χ0v) is 35.4. The van der Waals surface area contributed by atoms with Gasteiger partial charge >= 0.3 is 6.09 Å². The van der Waals surface area contributed by atoms with Crippen molar-refractivity contribution in [2.75, 3.05) is 72.7 Å². The Kier molecular flexibility index (Phi) is 18.0. The van der Waals surface area contributed by atoms with E-state index < -0.39 is 63.3 Å². The Hall–Kier alpha value is -3.35. The third-order valence-corrected chi connectivity index (χ3v) is 10.0. The van der Waals surface area contributed by atoms with Crippen LogP contribution in [-0.4, -0.2) is 145 Å². The van der Waals surface area contributed by atoms with E-state index in [0.29, 0.717) is 19.8 Å². The van der Waals surface area contributed by atoms with Crippen LogP contribution in [0.5, 0.6) is 0 Å². The molecule has 17 heteroatoms. The van der Waals surface area contributed by atoms with Gasteiger partial charge < -0.3 is 39.2 Å². The Labute approximate surface area is 332 Å². The number of nitrogens with zero attached hydrogens (tertiary/aromatic N) is 2. The lowest BCUT2D eigenvalue weighted by molar-refractivity contribution is -0.144. The van der Waals surface area contributed by atoms with E-state index in [1.54, 1.807) is 27.7 Å². The summed E-state index contributed by atoms with van der Waals surface area (Å²) in [4.78, 5) is 57.6. The summed E-state index contributed by atoms with van der Waals surface area (Å²) in [5.41, 5.74) is 0.759. The van der Waals surface area contributed by atoms with Crippen molar-refractivity contribution in [2.45, 2.75) is 110 Å². The summed E-state index contributed by atoms with van der Waals surface area (Å²) in [6, 6.07) is 5.05. The van der Waals surface area contributed by atoms with E-state index >= 15 is 0 Å². The van der Waals surface area contributed by atoms with Crippen molar-refractivity contribution in [1.82, 2.24) is 20.4 Å². The number of rotatable bonds is 20. The van der Waals surface area contributed by atoms with Crippen LogP contribution in [-0.2, 0) is 58.8 Å². The van der Waals surface area contributed by atoms with Gasteiger partial charge in [-0.05, 0) is 63.5 Å². The van der Waals surface area contributed by atoms with Gasteiger partial charge in [0.1, 0.15) is 23.7 Å². The van der Waals surface area contributed by atoms with Gasteiger partial charge in [0.25, 0.3) is 10.1 Å². The molecule has 5 atom stereocenters. The normalized spacial score (nSPS) is 19.8. The average Bonchev–Trinajstić information content (AvgIpc) is 3.54. The Morgan fingerprint density at radius 2 is 1.50 bits per heavy atom. The second-order valence-corrected chi connectivity index (χ2v) is 18.0. The molecule has 2 aliphatic rings. The number of carbonyl (C=O) groups is 4. The lowest BCUT2D eigenvalue weighted by Gasteiger charge is -2.37. The predicted octanol–water partition coefficient (Wildman–Crippen LogP) is 2.98. The van der Waals surface area contributed by atoms with Gasteiger partial charge in [-0.3, -0.25) is 23.5 Å². The zero-order chi connectivity index (χ0) is 41.7. The highest BCUT2D eigenvalue weighted by molar-refractivity contribution is 7.85. The molecule has 1 aliphatic carbocycles. The molecule has 0 saturated carbocycles. The number of aryl methyl sites for hydroxylation is 1. The van der Waals surface area contributed by atoms with E-state index in [1.807, 2.05) is 39.0 Å². The lowest BCUT2D eigenvalue weighted by Crippen LogP contribution is -2.60. The molecule has 318 valence electrons. The topological polar surface area (TPSA) is 188 Å². The van der Waals surface area contributed by atoms with Crippen LogP contribution in [0.15, 0.2) is 24.3 Å². The highest BCUT2D eigenvalue weighted by atomic mass is 32.2. The minimum atomic E-state index is -3.49. The molecule has 56 heavy (non-hydrogen) atoms. The first-order valence-electron chi connectivity index (χ1n) is 19.3. The maximum absolute atomic E-state index is 14.5. The van der Waals surface area contributed by atoms with Gasteiger partial charge in [-0.2, -0.15) is 8.42 Å². The largest absolute Gasteiger partial charge is 0.444 e. The van der Waals surface area contributed by atoms with Crippen molar-refractivity contribution in [3.05, 3.63) is 35.4 Å². The molecule has 1 fully saturated rings. The van der Waals surface area contributed by atoms with Crippen LogP contribution in [0.4, 0.5) is 4.79 Å². The molecule has 0 bridgehead atoms. The first kappa shape index (κ1) is 47.0. The van der Waals surface area contributed by atoms with Crippen molar-refractivity contribution in [3.8, 4) is 0 Å². The summed E-state index contributed by atoms with van der Waals surface area (Å²) in [6.45, 7) is 14.1. The van der Waals surface area contributed by atoms with E-state index in [4.69, 9.17) is 23.7 Å². The number of benzene rings is 1. The molecule has 0 aromatic heterocycles. The summed E-state index contributed by atoms with van der Waals surface area (Å²) >= 11 is 0.